The van der Waals surface area contributed by atoms with E-state index in [2.05, 4.69) is 4.98 Å². The Labute approximate surface area is 151 Å². The maximum Gasteiger partial charge on any atom is 0.307 e. The number of aromatic nitrogens is 1. The molecule has 1 heterocycles. The number of rotatable bonds is 5. The zero-order valence-electron chi connectivity index (χ0n) is 12.7. The van der Waals surface area contributed by atoms with Crippen molar-refractivity contribution in [1.82, 2.24) is 4.98 Å². The molecule has 0 saturated heterocycles. The number of carbonyl (C=O) groups is 1. The number of fused-ring (bicyclic) bond motifs is 1. The van der Waals surface area contributed by atoms with Crippen LogP contribution in [0.2, 0.25) is 5.02 Å². The molecular weight excluding hydrogens is 364 g/mol. The van der Waals surface area contributed by atoms with Crippen LogP contribution < -0.4 is 0 Å². The number of nitro benzene ring substituents is 1. The van der Waals surface area contributed by atoms with Crippen LogP contribution in [0.25, 0.3) is 21.9 Å². The van der Waals surface area contributed by atoms with E-state index >= 15 is 0 Å². The predicted octanol–water partition coefficient (Wildman–Crippen LogP) is 4.87. The van der Waals surface area contributed by atoms with Crippen molar-refractivity contribution in [3.63, 3.8) is 0 Å². The number of nitro groups is 1. The second-order valence-corrected chi connectivity index (χ2v) is 6.63. The van der Waals surface area contributed by atoms with E-state index in [0.29, 0.717) is 16.1 Å². The van der Waals surface area contributed by atoms with Gasteiger partial charge in [0.2, 0.25) is 0 Å². The highest BCUT2D eigenvalue weighted by Crippen LogP contribution is 2.32. The van der Waals surface area contributed by atoms with Crippen LogP contribution >= 0.6 is 22.9 Å². The average molecular weight is 375 g/mol. The Hall–Kier alpha value is -2.77. The molecule has 0 atom stereocenters. The molecule has 0 aliphatic carbocycles. The normalized spacial score (nSPS) is 11.6. The molecule has 2 aromatic carbocycles. The lowest BCUT2D eigenvalue weighted by molar-refractivity contribution is -0.384. The number of benzene rings is 2. The van der Waals surface area contributed by atoms with Crippen LogP contribution in [-0.2, 0) is 4.79 Å². The van der Waals surface area contributed by atoms with Gasteiger partial charge in [0.15, 0.2) is 0 Å². The number of aliphatic carboxylic acids is 1. The molecule has 0 aliphatic rings. The van der Waals surface area contributed by atoms with Crippen LogP contribution in [-0.4, -0.2) is 21.0 Å². The van der Waals surface area contributed by atoms with Gasteiger partial charge in [-0.2, -0.15) is 0 Å². The van der Waals surface area contributed by atoms with Gasteiger partial charge in [-0.3, -0.25) is 14.9 Å². The van der Waals surface area contributed by atoms with Gasteiger partial charge in [-0.05, 0) is 35.4 Å². The summed E-state index contributed by atoms with van der Waals surface area (Å²) in [5.41, 5.74) is 1.52. The zero-order valence-corrected chi connectivity index (χ0v) is 14.3. The minimum absolute atomic E-state index is 0.0296. The van der Waals surface area contributed by atoms with Gasteiger partial charge >= 0.3 is 5.97 Å². The Kier molecular flexibility index (Phi) is 4.78. The Morgan fingerprint density at radius 3 is 2.76 bits per heavy atom. The summed E-state index contributed by atoms with van der Waals surface area (Å²) in [4.78, 5) is 26.1. The molecule has 8 heteroatoms. The Morgan fingerprint density at radius 1 is 1.32 bits per heavy atom. The summed E-state index contributed by atoms with van der Waals surface area (Å²) in [6.07, 6.45) is 1.35. The monoisotopic (exact) mass is 374 g/mol. The topological polar surface area (TPSA) is 93.3 Å². The SMILES string of the molecule is O=C(O)C/C(=C/c1ccc(Cl)c([N+](=O)[O-])c1)c1nc2ccccc2s1. The third-order valence-electron chi connectivity index (χ3n) is 3.42. The van der Waals surface area contributed by atoms with E-state index < -0.39 is 10.9 Å². The van der Waals surface area contributed by atoms with Gasteiger partial charge < -0.3 is 5.11 Å². The van der Waals surface area contributed by atoms with E-state index in [4.69, 9.17) is 11.6 Å². The second kappa shape index (κ2) is 7.00. The van der Waals surface area contributed by atoms with Crippen LogP contribution in [0.3, 0.4) is 0 Å². The molecule has 1 N–H and O–H groups in total. The lowest BCUT2D eigenvalue weighted by atomic mass is 10.1. The van der Waals surface area contributed by atoms with E-state index in [1.54, 1.807) is 12.1 Å². The van der Waals surface area contributed by atoms with Crippen LogP contribution in [0.4, 0.5) is 5.69 Å². The Balaban J connectivity index is 2.09. The van der Waals surface area contributed by atoms with Crippen LogP contribution in [0, 0.1) is 10.1 Å². The molecule has 0 aliphatic heterocycles. The number of halogens is 1. The highest BCUT2D eigenvalue weighted by atomic mass is 35.5. The summed E-state index contributed by atoms with van der Waals surface area (Å²) in [5.74, 6) is -1.01. The summed E-state index contributed by atoms with van der Waals surface area (Å²) in [5, 5.41) is 20.8. The molecule has 126 valence electrons. The molecule has 1 aromatic heterocycles. The fraction of sp³-hybridized carbons (Fsp3) is 0.0588. The van der Waals surface area contributed by atoms with E-state index in [9.17, 15) is 20.0 Å². The maximum absolute atomic E-state index is 11.2. The fourth-order valence-electron chi connectivity index (χ4n) is 2.32. The van der Waals surface area contributed by atoms with Gasteiger partial charge in [0.1, 0.15) is 10.0 Å². The van der Waals surface area contributed by atoms with Gasteiger partial charge in [-0.25, -0.2) is 4.98 Å². The summed E-state index contributed by atoms with van der Waals surface area (Å²) in [6, 6.07) is 11.8. The molecule has 0 spiro atoms. The van der Waals surface area contributed by atoms with Gasteiger partial charge in [-0.15, -0.1) is 11.3 Å². The van der Waals surface area contributed by atoms with E-state index in [-0.39, 0.29) is 17.1 Å². The van der Waals surface area contributed by atoms with Crippen LogP contribution in [0.5, 0.6) is 0 Å². The largest absolute Gasteiger partial charge is 0.481 e. The predicted molar refractivity (Wildman–Crippen MR) is 97.9 cm³/mol. The van der Waals surface area contributed by atoms with Crippen molar-refractivity contribution in [2.45, 2.75) is 6.42 Å². The minimum atomic E-state index is -1.01. The van der Waals surface area contributed by atoms with Crippen molar-refractivity contribution in [2.24, 2.45) is 0 Å². The van der Waals surface area contributed by atoms with Gasteiger partial charge in [0, 0.05) is 6.07 Å². The molecule has 0 amide bonds. The second-order valence-electron chi connectivity index (χ2n) is 5.19. The van der Waals surface area contributed by atoms with Gasteiger partial charge in [-0.1, -0.05) is 29.8 Å². The van der Waals surface area contributed by atoms with Crippen molar-refractivity contribution in [1.29, 1.82) is 0 Å². The van der Waals surface area contributed by atoms with Gasteiger partial charge in [0.25, 0.3) is 5.69 Å². The third kappa shape index (κ3) is 3.84. The fourth-order valence-corrected chi connectivity index (χ4v) is 3.49. The number of thiazole rings is 1. The molecule has 0 bridgehead atoms. The van der Waals surface area contributed by atoms with E-state index in [0.717, 1.165) is 10.2 Å². The van der Waals surface area contributed by atoms with Gasteiger partial charge in [0.05, 0.1) is 21.6 Å². The molecule has 0 fully saturated rings. The quantitative estimate of drug-likeness (QED) is 0.507. The van der Waals surface area contributed by atoms with Crippen LogP contribution in [0.15, 0.2) is 42.5 Å². The molecule has 0 unspecified atom stereocenters. The van der Waals surface area contributed by atoms with E-state index in [1.165, 1.54) is 23.5 Å². The highest BCUT2D eigenvalue weighted by Gasteiger charge is 2.15. The molecule has 6 nitrogen and oxygen atoms in total. The summed E-state index contributed by atoms with van der Waals surface area (Å²) in [6.45, 7) is 0. The lowest BCUT2D eigenvalue weighted by Gasteiger charge is -2.02. The van der Waals surface area contributed by atoms with Crippen molar-refractivity contribution >= 4 is 56.5 Å². The third-order valence-corrected chi connectivity index (χ3v) is 4.85. The molecule has 3 rings (SSSR count). The van der Waals surface area contributed by atoms with Crippen molar-refractivity contribution < 1.29 is 14.8 Å². The molecule has 3 aromatic rings. The number of para-hydroxylation sites is 1. The number of hydrogen-bond donors (Lipinski definition) is 1. The first-order valence-electron chi connectivity index (χ1n) is 7.16. The average Bonchev–Trinajstić information content (AvgIpc) is 2.99. The number of nitrogens with zero attached hydrogens (tertiary/aromatic N) is 2. The molecule has 25 heavy (non-hydrogen) atoms. The highest BCUT2D eigenvalue weighted by molar-refractivity contribution is 7.19. The van der Waals surface area contributed by atoms with Crippen LogP contribution in [0.1, 0.15) is 17.0 Å². The number of carboxylic acid groups (broad SMARTS) is 1. The smallest absolute Gasteiger partial charge is 0.307 e. The minimum Gasteiger partial charge on any atom is -0.481 e. The molecule has 0 saturated carbocycles. The van der Waals surface area contributed by atoms with Crippen molar-refractivity contribution in [3.05, 3.63) is 68.2 Å². The standard InChI is InChI=1S/C17H11ClN2O4S/c18-12-6-5-10(8-14(12)20(23)24)7-11(9-16(21)22)17-19-13-3-1-2-4-15(13)25-17/h1-8H,9H2,(H,21,22)/b11-7-. The first-order chi connectivity index (χ1) is 11.9. The van der Waals surface area contributed by atoms with E-state index in [1.807, 2.05) is 24.3 Å². The first-order valence-corrected chi connectivity index (χ1v) is 8.36. The zero-order chi connectivity index (χ0) is 18.0. The van der Waals surface area contributed by atoms with Crippen molar-refractivity contribution in [3.8, 4) is 0 Å². The Bertz CT molecular complexity index is 980. The molecule has 0 radical (unpaired) electrons. The summed E-state index contributed by atoms with van der Waals surface area (Å²) in [7, 11) is 0. The summed E-state index contributed by atoms with van der Waals surface area (Å²) < 4.78 is 0.941. The number of carboxylic acids is 1. The number of hydrogen-bond acceptors (Lipinski definition) is 5. The van der Waals surface area contributed by atoms with Crippen molar-refractivity contribution in [2.75, 3.05) is 0 Å². The Morgan fingerprint density at radius 2 is 2.08 bits per heavy atom. The molecular formula is C17H11ClN2O4S. The lowest BCUT2D eigenvalue weighted by Crippen LogP contribution is -1.97. The maximum atomic E-state index is 11.2. The summed E-state index contributed by atoms with van der Waals surface area (Å²) >= 11 is 7.19. The first kappa shape index (κ1) is 17.1.